The van der Waals surface area contributed by atoms with E-state index in [0.29, 0.717) is 17.3 Å². The fourth-order valence-electron chi connectivity index (χ4n) is 6.45. The molecular formula is C15H25NO2. The molecule has 0 heterocycles. The Morgan fingerprint density at radius 3 is 2.50 bits per heavy atom. The molecule has 0 radical (unpaired) electrons. The Morgan fingerprint density at radius 2 is 1.89 bits per heavy atom. The van der Waals surface area contributed by atoms with Crippen LogP contribution in [0.15, 0.2) is 0 Å². The van der Waals surface area contributed by atoms with Gasteiger partial charge in [0.15, 0.2) is 0 Å². The van der Waals surface area contributed by atoms with Crippen molar-refractivity contribution in [2.45, 2.75) is 58.3 Å². The molecule has 0 aromatic heterocycles. The fraction of sp³-hybridized carbons (Fsp3) is 0.933. The van der Waals surface area contributed by atoms with Gasteiger partial charge in [-0.2, -0.15) is 0 Å². The summed E-state index contributed by atoms with van der Waals surface area (Å²) in [6.45, 7) is 2.68. The number of hydrogen-bond acceptors (Lipinski definition) is 2. The van der Waals surface area contributed by atoms with Crippen molar-refractivity contribution in [1.29, 1.82) is 0 Å². The van der Waals surface area contributed by atoms with E-state index >= 15 is 0 Å². The van der Waals surface area contributed by atoms with E-state index in [-0.39, 0.29) is 17.9 Å². The quantitative estimate of drug-likeness (QED) is 0.804. The molecule has 3 nitrogen and oxygen atoms in total. The summed E-state index contributed by atoms with van der Waals surface area (Å²) in [5.74, 6) is 0.622. The first-order valence-corrected chi connectivity index (χ1v) is 7.28. The first-order valence-electron chi connectivity index (χ1n) is 7.28. The molecule has 0 saturated heterocycles. The summed E-state index contributed by atoms with van der Waals surface area (Å²) in [5.41, 5.74) is 6.34. The molecule has 0 aromatic carbocycles. The maximum absolute atomic E-state index is 11.4. The molecule has 0 aromatic rings. The molecule has 3 N–H and O–H groups in total. The van der Waals surface area contributed by atoms with Gasteiger partial charge in [-0.25, -0.2) is 0 Å². The summed E-state index contributed by atoms with van der Waals surface area (Å²) >= 11 is 0. The largest absolute Gasteiger partial charge is 0.396 e. The summed E-state index contributed by atoms with van der Waals surface area (Å²) in [5, 5.41) is 9.38. The van der Waals surface area contributed by atoms with Crippen LogP contribution in [0.25, 0.3) is 0 Å². The summed E-state index contributed by atoms with van der Waals surface area (Å²) in [6.07, 6.45) is 8.80. The molecule has 1 amide bonds. The van der Waals surface area contributed by atoms with Gasteiger partial charge in [-0.1, -0.05) is 6.92 Å². The second-order valence-corrected chi connectivity index (χ2v) is 7.94. The predicted octanol–water partition coefficient (Wildman–Crippen LogP) is 2.22. The Morgan fingerprint density at radius 1 is 1.22 bits per heavy atom. The van der Waals surface area contributed by atoms with Gasteiger partial charge in [-0.15, -0.1) is 0 Å². The monoisotopic (exact) mass is 251 g/mol. The molecule has 4 rings (SSSR count). The standard InChI is InChI=1S/C15H25NO2/c1-13-4-11-5-14(8-13,2-3-17)10-15(6-11,9-13)7-12(16)18/h11,17H,2-10H2,1H3,(H2,16,18). The number of primary amides is 1. The van der Waals surface area contributed by atoms with Gasteiger partial charge in [-0.3, -0.25) is 4.79 Å². The molecule has 4 aliphatic rings. The topological polar surface area (TPSA) is 63.3 Å². The van der Waals surface area contributed by atoms with Crippen molar-refractivity contribution in [2.75, 3.05) is 6.61 Å². The van der Waals surface area contributed by atoms with Crippen LogP contribution >= 0.6 is 0 Å². The van der Waals surface area contributed by atoms with Gasteiger partial charge in [0.2, 0.25) is 5.91 Å². The van der Waals surface area contributed by atoms with Crippen LogP contribution in [-0.2, 0) is 4.79 Å². The molecular weight excluding hydrogens is 226 g/mol. The van der Waals surface area contributed by atoms with E-state index in [0.717, 1.165) is 18.8 Å². The van der Waals surface area contributed by atoms with Crippen LogP contribution < -0.4 is 5.73 Å². The normalized spacial score (nSPS) is 49.6. The number of rotatable bonds is 4. The molecule has 0 aliphatic heterocycles. The fourth-order valence-corrected chi connectivity index (χ4v) is 6.45. The number of carbonyl (C=O) groups is 1. The van der Waals surface area contributed by atoms with Crippen LogP contribution in [0.1, 0.15) is 58.3 Å². The highest BCUT2D eigenvalue weighted by molar-refractivity contribution is 5.74. The van der Waals surface area contributed by atoms with Crippen molar-refractivity contribution in [3.05, 3.63) is 0 Å². The van der Waals surface area contributed by atoms with Gasteiger partial charge in [0.1, 0.15) is 0 Å². The Kier molecular flexibility index (Phi) is 2.58. The molecule has 102 valence electrons. The maximum atomic E-state index is 11.4. The van der Waals surface area contributed by atoms with E-state index in [1.165, 1.54) is 32.1 Å². The highest BCUT2D eigenvalue weighted by Gasteiger charge is 2.61. The number of hydrogen-bond donors (Lipinski definition) is 2. The van der Waals surface area contributed by atoms with Crippen molar-refractivity contribution in [3.63, 3.8) is 0 Å². The first kappa shape index (κ1) is 12.5. The SMILES string of the molecule is CC12CC3CC(CCO)(C1)CC(CC(N)=O)(C3)C2. The van der Waals surface area contributed by atoms with Crippen molar-refractivity contribution in [3.8, 4) is 0 Å². The van der Waals surface area contributed by atoms with E-state index in [4.69, 9.17) is 5.73 Å². The second kappa shape index (κ2) is 3.72. The van der Waals surface area contributed by atoms with Crippen LogP contribution in [-0.4, -0.2) is 17.6 Å². The highest BCUT2D eigenvalue weighted by atomic mass is 16.3. The van der Waals surface area contributed by atoms with Gasteiger partial charge in [0.05, 0.1) is 0 Å². The number of nitrogens with two attached hydrogens (primary N) is 1. The summed E-state index contributed by atoms with van der Waals surface area (Å²) < 4.78 is 0. The van der Waals surface area contributed by atoms with Crippen molar-refractivity contribution in [1.82, 2.24) is 0 Å². The van der Waals surface area contributed by atoms with E-state index in [2.05, 4.69) is 6.92 Å². The first-order chi connectivity index (χ1) is 8.38. The second-order valence-electron chi connectivity index (χ2n) is 7.94. The molecule has 3 heteroatoms. The van der Waals surface area contributed by atoms with Crippen LogP contribution in [0.5, 0.6) is 0 Å². The third kappa shape index (κ3) is 1.87. The van der Waals surface area contributed by atoms with Crippen LogP contribution in [0.4, 0.5) is 0 Å². The minimum absolute atomic E-state index is 0.139. The maximum Gasteiger partial charge on any atom is 0.217 e. The molecule has 4 unspecified atom stereocenters. The Hall–Kier alpha value is -0.570. The van der Waals surface area contributed by atoms with Crippen molar-refractivity contribution >= 4 is 5.91 Å². The third-order valence-electron chi connectivity index (χ3n) is 5.77. The summed E-state index contributed by atoms with van der Waals surface area (Å²) in [4.78, 5) is 11.4. The van der Waals surface area contributed by atoms with Crippen LogP contribution in [0, 0.1) is 22.2 Å². The average Bonchev–Trinajstić information content (AvgIpc) is 2.09. The van der Waals surface area contributed by atoms with Gasteiger partial charge >= 0.3 is 0 Å². The van der Waals surface area contributed by atoms with Crippen molar-refractivity contribution < 1.29 is 9.90 Å². The predicted molar refractivity (Wildman–Crippen MR) is 69.7 cm³/mol. The van der Waals surface area contributed by atoms with Crippen LogP contribution in [0.3, 0.4) is 0 Å². The van der Waals surface area contributed by atoms with Gasteiger partial charge in [-0.05, 0) is 67.1 Å². The zero-order valence-corrected chi connectivity index (χ0v) is 11.4. The summed E-state index contributed by atoms with van der Waals surface area (Å²) in [6, 6.07) is 0. The van der Waals surface area contributed by atoms with Crippen LogP contribution in [0.2, 0.25) is 0 Å². The van der Waals surface area contributed by atoms with Crippen molar-refractivity contribution in [2.24, 2.45) is 27.9 Å². The zero-order chi connectivity index (χ0) is 13.0. The highest BCUT2D eigenvalue weighted by Crippen LogP contribution is 2.71. The molecule has 18 heavy (non-hydrogen) atoms. The van der Waals surface area contributed by atoms with E-state index < -0.39 is 0 Å². The van der Waals surface area contributed by atoms with E-state index in [1.807, 2.05) is 0 Å². The molecule has 4 saturated carbocycles. The van der Waals surface area contributed by atoms with Gasteiger partial charge in [0, 0.05) is 13.0 Å². The Balaban J connectivity index is 1.92. The van der Waals surface area contributed by atoms with E-state index in [1.54, 1.807) is 0 Å². The lowest BCUT2D eigenvalue weighted by molar-refractivity contribution is -0.164. The number of aliphatic hydroxyl groups excluding tert-OH is 1. The third-order valence-corrected chi connectivity index (χ3v) is 5.77. The molecule has 0 spiro atoms. The lowest BCUT2D eigenvalue weighted by atomic mass is 9.39. The Labute approximate surface area is 109 Å². The number of aliphatic hydroxyl groups is 1. The number of amides is 1. The molecule has 4 aliphatic carbocycles. The zero-order valence-electron chi connectivity index (χ0n) is 11.4. The summed E-state index contributed by atoms with van der Waals surface area (Å²) in [7, 11) is 0. The molecule has 4 fully saturated rings. The minimum atomic E-state index is -0.139. The molecule has 4 atom stereocenters. The lowest BCUT2D eigenvalue weighted by Gasteiger charge is -2.66. The van der Waals surface area contributed by atoms with Gasteiger partial charge < -0.3 is 10.8 Å². The molecule has 4 bridgehead atoms. The van der Waals surface area contributed by atoms with Gasteiger partial charge in [0.25, 0.3) is 0 Å². The smallest absolute Gasteiger partial charge is 0.217 e. The van der Waals surface area contributed by atoms with E-state index in [9.17, 15) is 9.90 Å². The minimum Gasteiger partial charge on any atom is -0.396 e. The Bertz CT molecular complexity index is 383. The number of carbonyl (C=O) groups excluding carboxylic acids is 1. The lowest BCUT2D eigenvalue weighted by Crippen LogP contribution is -2.56. The average molecular weight is 251 g/mol.